The first kappa shape index (κ1) is 15.0. The Labute approximate surface area is 113 Å². The third-order valence-electron chi connectivity index (χ3n) is 3.01. The first-order valence-electron chi connectivity index (χ1n) is 5.90. The largest absolute Gasteiger partial charge is 0.464 e. The van der Waals surface area contributed by atoms with E-state index < -0.39 is 0 Å². The van der Waals surface area contributed by atoms with E-state index in [4.69, 9.17) is 0 Å². The Balaban J connectivity index is 0.00000162. The number of aromatic nitrogens is 1. The molecule has 0 bridgehead atoms. The number of carbonyl (C=O) groups excluding carboxylic acids is 1. The molecule has 0 aliphatic carbocycles. The number of rotatable bonds is 3. The maximum absolute atomic E-state index is 11.3. The first-order chi connectivity index (χ1) is 8.19. The van der Waals surface area contributed by atoms with E-state index in [1.54, 1.807) is 0 Å². The zero-order chi connectivity index (χ0) is 12.3. The van der Waals surface area contributed by atoms with Gasteiger partial charge < -0.3 is 15.0 Å². The van der Waals surface area contributed by atoms with E-state index in [2.05, 4.69) is 26.9 Å². The Hall–Kier alpha value is -1.04. The summed E-state index contributed by atoms with van der Waals surface area (Å²) in [6, 6.07) is 2.39. The molecule has 1 fully saturated rings. The van der Waals surface area contributed by atoms with Gasteiger partial charge in [0.05, 0.1) is 7.11 Å². The third kappa shape index (κ3) is 3.73. The van der Waals surface area contributed by atoms with Crippen molar-refractivity contribution in [2.75, 3.05) is 26.7 Å². The molecule has 0 radical (unpaired) electrons. The van der Waals surface area contributed by atoms with Crippen LogP contribution in [0.5, 0.6) is 0 Å². The van der Waals surface area contributed by atoms with Crippen molar-refractivity contribution in [1.82, 2.24) is 15.2 Å². The molecule has 18 heavy (non-hydrogen) atoms. The molecular weight excluding hydrogens is 254 g/mol. The molecule has 1 saturated heterocycles. The highest BCUT2D eigenvalue weighted by Gasteiger charge is 2.16. The molecule has 0 saturated carbocycles. The monoisotopic (exact) mass is 273 g/mol. The van der Waals surface area contributed by atoms with Gasteiger partial charge in [-0.25, -0.2) is 4.79 Å². The van der Waals surface area contributed by atoms with Crippen molar-refractivity contribution in [3.8, 4) is 0 Å². The van der Waals surface area contributed by atoms with Crippen molar-refractivity contribution in [1.29, 1.82) is 0 Å². The van der Waals surface area contributed by atoms with Crippen molar-refractivity contribution in [3.05, 3.63) is 23.5 Å². The molecule has 1 aromatic rings. The highest BCUT2D eigenvalue weighted by Crippen LogP contribution is 2.10. The second-order valence-electron chi connectivity index (χ2n) is 4.50. The van der Waals surface area contributed by atoms with Crippen molar-refractivity contribution in [2.24, 2.45) is 0 Å². The lowest BCUT2D eigenvalue weighted by molar-refractivity contribution is 0.0594. The Bertz CT molecular complexity index is 394. The fourth-order valence-electron chi connectivity index (χ4n) is 2.17. The van der Waals surface area contributed by atoms with Crippen LogP contribution in [0.2, 0.25) is 0 Å². The van der Waals surface area contributed by atoms with Crippen LogP contribution in [-0.2, 0) is 11.3 Å². The van der Waals surface area contributed by atoms with Crippen LogP contribution in [-0.4, -0.2) is 48.6 Å². The third-order valence-corrected chi connectivity index (χ3v) is 3.01. The SMILES string of the molecule is COC(=O)c1cc(CN2CCN[C@H](C)C2)c[nH]1.Cl. The van der Waals surface area contributed by atoms with Gasteiger partial charge in [-0.15, -0.1) is 12.4 Å². The Morgan fingerprint density at radius 3 is 3.06 bits per heavy atom. The van der Waals surface area contributed by atoms with Crippen LogP contribution in [0.15, 0.2) is 12.3 Å². The second-order valence-corrected chi connectivity index (χ2v) is 4.50. The van der Waals surface area contributed by atoms with E-state index >= 15 is 0 Å². The summed E-state index contributed by atoms with van der Waals surface area (Å²) >= 11 is 0. The van der Waals surface area contributed by atoms with Crippen LogP contribution in [0, 0.1) is 0 Å². The van der Waals surface area contributed by atoms with Crippen LogP contribution in [0.1, 0.15) is 23.0 Å². The minimum atomic E-state index is -0.315. The minimum Gasteiger partial charge on any atom is -0.464 e. The molecule has 0 amide bonds. The van der Waals surface area contributed by atoms with Crippen molar-refractivity contribution in [3.63, 3.8) is 0 Å². The molecule has 1 atom stereocenters. The summed E-state index contributed by atoms with van der Waals surface area (Å²) in [5.41, 5.74) is 1.64. The van der Waals surface area contributed by atoms with Crippen LogP contribution in [0.4, 0.5) is 0 Å². The number of piperazine rings is 1. The number of nitrogens with zero attached hydrogens (tertiary/aromatic N) is 1. The summed E-state index contributed by atoms with van der Waals surface area (Å²) in [6.07, 6.45) is 1.87. The number of ether oxygens (including phenoxy) is 1. The fourth-order valence-corrected chi connectivity index (χ4v) is 2.17. The lowest BCUT2D eigenvalue weighted by Crippen LogP contribution is -2.48. The van der Waals surface area contributed by atoms with Gasteiger partial charge in [0, 0.05) is 38.4 Å². The number of esters is 1. The predicted molar refractivity (Wildman–Crippen MR) is 72.1 cm³/mol. The van der Waals surface area contributed by atoms with E-state index in [0.29, 0.717) is 11.7 Å². The molecule has 6 heteroatoms. The quantitative estimate of drug-likeness (QED) is 0.808. The smallest absolute Gasteiger partial charge is 0.354 e. The van der Waals surface area contributed by atoms with E-state index in [9.17, 15) is 4.79 Å². The van der Waals surface area contributed by atoms with E-state index in [1.165, 1.54) is 7.11 Å². The first-order valence-corrected chi connectivity index (χ1v) is 5.90. The summed E-state index contributed by atoms with van der Waals surface area (Å²) in [5.74, 6) is -0.315. The number of nitrogens with one attached hydrogen (secondary N) is 2. The molecule has 0 spiro atoms. The van der Waals surface area contributed by atoms with Crippen molar-refractivity contribution in [2.45, 2.75) is 19.5 Å². The van der Waals surface area contributed by atoms with E-state index in [0.717, 1.165) is 31.7 Å². The highest BCUT2D eigenvalue weighted by atomic mass is 35.5. The average molecular weight is 274 g/mol. The van der Waals surface area contributed by atoms with Crippen molar-refractivity contribution >= 4 is 18.4 Å². The zero-order valence-electron chi connectivity index (χ0n) is 10.7. The van der Waals surface area contributed by atoms with Gasteiger partial charge in [0.2, 0.25) is 0 Å². The Morgan fingerprint density at radius 2 is 2.39 bits per heavy atom. The predicted octanol–water partition coefficient (Wildman–Crippen LogP) is 1.02. The molecule has 1 aromatic heterocycles. The van der Waals surface area contributed by atoms with Gasteiger partial charge in [-0.3, -0.25) is 4.90 Å². The maximum atomic E-state index is 11.3. The minimum absolute atomic E-state index is 0. The normalized spacial score (nSPS) is 20.2. The summed E-state index contributed by atoms with van der Waals surface area (Å²) in [7, 11) is 1.39. The van der Waals surface area contributed by atoms with E-state index in [1.807, 2.05) is 12.3 Å². The fraction of sp³-hybridized carbons (Fsp3) is 0.583. The van der Waals surface area contributed by atoms with Gasteiger partial charge in [-0.2, -0.15) is 0 Å². The summed E-state index contributed by atoms with van der Waals surface area (Å²) in [5, 5.41) is 3.41. The number of carbonyl (C=O) groups is 1. The molecule has 5 nitrogen and oxygen atoms in total. The van der Waals surface area contributed by atoms with Gasteiger partial charge in [0.1, 0.15) is 5.69 Å². The molecular formula is C12H20ClN3O2. The van der Waals surface area contributed by atoms with Gasteiger partial charge >= 0.3 is 5.97 Å². The lowest BCUT2D eigenvalue weighted by Gasteiger charge is -2.31. The zero-order valence-corrected chi connectivity index (χ0v) is 11.5. The van der Waals surface area contributed by atoms with Crippen LogP contribution in [0.25, 0.3) is 0 Å². The topological polar surface area (TPSA) is 57.4 Å². The van der Waals surface area contributed by atoms with Gasteiger partial charge in [-0.1, -0.05) is 0 Å². The molecule has 102 valence electrons. The average Bonchev–Trinajstić information content (AvgIpc) is 2.76. The van der Waals surface area contributed by atoms with Crippen LogP contribution in [0.3, 0.4) is 0 Å². The van der Waals surface area contributed by atoms with Gasteiger partial charge in [0.15, 0.2) is 0 Å². The number of aromatic amines is 1. The molecule has 0 unspecified atom stereocenters. The Kier molecular flexibility index (Phi) is 5.65. The lowest BCUT2D eigenvalue weighted by atomic mass is 10.2. The summed E-state index contributed by atoms with van der Waals surface area (Å²) in [6.45, 7) is 6.17. The summed E-state index contributed by atoms with van der Waals surface area (Å²) < 4.78 is 4.66. The Morgan fingerprint density at radius 1 is 1.61 bits per heavy atom. The number of H-pyrrole nitrogens is 1. The standard InChI is InChI=1S/C12H19N3O2.ClH/c1-9-7-15(4-3-13-9)8-10-5-11(14-6-10)12(16)17-2;/h5-6,9,13-14H,3-4,7-8H2,1-2H3;1H/t9-;/m1./s1. The highest BCUT2D eigenvalue weighted by molar-refractivity contribution is 5.87. The van der Waals surface area contributed by atoms with Crippen LogP contribution < -0.4 is 5.32 Å². The number of methoxy groups -OCH3 is 1. The number of hydrogen-bond donors (Lipinski definition) is 2. The molecule has 2 rings (SSSR count). The van der Waals surface area contributed by atoms with Crippen LogP contribution >= 0.6 is 12.4 Å². The summed E-state index contributed by atoms with van der Waals surface area (Å²) in [4.78, 5) is 16.6. The molecule has 2 N–H and O–H groups in total. The molecule has 1 aliphatic heterocycles. The molecule has 1 aliphatic rings. The maximum Gasteiger partial charge on any atom is 0.354 e. The van der Waals surface area contributed by atoms with E-state index in [-0.39, 0.29) is 18.4 Å². The molecule has 2 heterocycles. The second kappa shape index (κ2) is 6.78. The van der Waals surface area contributed by atoms with Gasteiger partial charge in [0.25, 0.3) is 0 Å². The number of hydrogen-bond acceptors (Lipinski definition) is 4. The van der Waals surface area contributed by atoms with Crippen molar-refractivity contribution < 1.29 is 9.53 Å². The molecule has 0 aromatic carbocycles. The van der Waals surface area contributed by atoms with Gasteiger partial charge in [-0.05, 0) is 18.6 Å². The number of halogens is 1.